The second-order valence-electron chi connectivity index (χ2n) is 4.70. The molecule has 0 atom stereocenters. The van der Waals surface area contributed by atoms with E-state index in [0.717, 1.165) is 16.9 Å². The summed E-state index contributed by atoms with van der Waals surface area (Å²) >= 11 is 0. The molecular formula is C15H15N3O. The third-order valence-corrected chi connectivity index (χ3v) is 3.23. The fraction of sp³-hybridized carbons (Fsp3) is 0.200. The topological polar surface area (TPSA) is 39.9 Å². The Labute approximate surface area is 111 Å². The van der Waals surface area contributed by atoms with Crippen molar-refractivity contribution in [2.45, 2.75) is 13.8 Å². The first-order chi connectivity index (χ1) is 9.13. The molecule has 0 unspecified atom stereocenters. The maximum Gasteiger partial charge on any atom is 0.221 e. The number of aromatic nitrogens is 3. The predicted molar refractivity (Wildman–Crippen MR) is 74.5 cm³/mol. The van der Waals surface area contributed by atoms with Crippen LogP contribution in [0.4, 0.5) is 0 Å². The zero-order valence-electron chi connectivity index (χ0n) is 11.2. The number of aryl methyl sites for hydroxylation is 3. The number of pyridine rings is 1. The van der Waals surface area contributed by atoms with Crippen molar-refractivity contribution in [2.75, 3.05) is 0 Å². The van der Waals surface area contributed by atoms with Crippen LogP contribution in [0.2, 0.25) is 0 Å². The van der Waals surface area contributed by atoms with Crippen molar-refractivity contribution >= 4 is 11.2 Å². The molecule has 4 nitrogen and oxygen atoms in total. The summed E-state index contributed by atoms with van der Waals surface area (Å²) in [4.78, 5) is 8.70. The molecular weight excluding hydrogens is 238 g/mol. The average Bonchev–Trinajstić information content (AvgIpc) is 2.76. The van der Waals surface area contributed by atoms with E-state index in [-0.39, 0.29) is 0 Å². The number of rotatable bonds is 2. The van der Waals surface area contributed by atoms with Crippen LogP contribution in [-0.2, 0) is 7.05 Å². The zero-order chi connectivity index (χ0) is 13.4. The van der Waals surface area contributed by atoms with Crippen LogP contribution in [0.3, 0.4) is 0 Å². The molecule has 0 aliphatic heterocycles. The van der Waals surface area contributed by atoms with E-state index in [1.807, 2.05) is 41.9 Å². The fourth-order valence-corrected chi connectivity index (χ4v) is 1.94. The van der Waals surface area contributed by atoms with Gasteiger partial charge in [0, 0.05) is 13.1 Å². The van der Waals surface area contributed by atoms with Gasteiger partial charge in [-0.3, -0.25) is 0 Å². The SMILES string of the molecule is Cc1ccc(Oc2ccc3ncn(C)c3n2)cc1C. The highest BCUT2D eigenvalue weighted by Gasteiger charge is 2.05. The Morgan fingerprint density at radius 2 is 1.89 bits per heavy atom. The number of hydrogen-bond acceptors (Lipinski definition) is 3. The molecule has 0 aliphatic rings. The number of hydrogen-bond donors (Lipinski definition) is 0. The van der Waals surface area contributed by atoms with Crippen LogP contribution in [0.15, 0.2) is 36.7 Å². The average molecular weight is 253 g/mol. The summed E-state index contributed by atoms with van der Waals surface area (Å²) in [6.45, 7) is 4.15. The minimum Gasteiger partial charge on any atom is -0.439 e. The summed E-state index contributed by atoms with van der Waals surface area (Å²) in [5, 5.41) is 0. The molecule has 0 saturated heterocycles. The van der Waals surface area contributed by atoms with Gasteiger partial charge in [-0.1, -0.05) is 6.07 Å². The molecule has 19 heavy (non-hydrogen) atoms. The van der Waals surface area contributed by atoms with E-state index in [4.69, 9.17) is 4.74 Å². The molecule has 0 bridgehead atoms. The number of fused-ring (bicyclic) bond motifs is 1. The Balaban J connectivity index is 1.95. The molecule has 4 heteroatoms. The van der Waals surface area contributed by atoms with Gasteiger partial charge in [0.2, 0.25) is 5.88 Å². The lowest BCUT2D eigenvalue weighted by Crippen LogP contribution is -1.92. The van der Waals surface area contributed by atoms with Gasteiger partial charge >= 0.3 is 0 Å². The molecule has 0 radical (unpaired) electrons. The zero-order valence-corrected chi connectivity index (χ0v) is 11.2. The highest BCUT2D eigenvalue weighted by atomic mass is 16.5. The highest BCUT2D eigenvalue weighted by Crippen LogP contribution is 2.23. The minimum atomic E-state index is 0.583. The lowest BCUT2D eigenvalue weighted by molar-refractivity contribution is 0.464. The molecule has 1 aromatic carbocycles. The van der Waals surface area contributed by atoms with Gasteiger partial charge in [0.25, 0.3) is 0 Å². The van der Waals surface area contributed by atoms with Gasteiger partial charge in [-0.05, 0) is 43.2 Å². The van der Waals surface area contributed by atoms with Crippen LogP contribution in [-0.4, -0.2) is 14.5 Å². The first-order valence-corrected chi connectivity index (χ1v) is 6.17. The second-order valence-corrected chi connectivity index (χ2v) is 4.70. The Kier molecular flexibility index (Phi) is 2.71. The number of imidazole rings is 1. The maximum absolute atomic E-state index is 5.79. The van der Waals surface area contributed by atoms with Crippen LogP contribution >= 0.6 is 0 Å². The van der Waals surface area contributed by atoms with Crippen LogP contribution in [0, 0.1) is 13.8 Å². The normalized spacial score (nSPS) is 10.9. The van der Waals surface area contributed by atoms with Crippen LogP contribution < -0.4 is 4.74 Å². The standard InChI is InChI=1S/C15H15N3O/c1-10-4-5-12(8-11(10)2)19-14-7-6-13-15(17-14)18(3)9-16-13/h4-9H,1-3H3. The first kappa shape index (κ1) is 11.7. The predicted octanol–water partition coefficient (Wildman–Crippen LogP) is 3.38. The third-order valence-electron chi connectivity index (χ3n) is 3.23. The van der Waals surface area contributed by atoms with Gasteiger partial charge in [0.15, 0.2) is 5.65 Å². The highest BCUT2D eigenvalue weighted by molar-refractivity contribution is 5.71. The maximum atomic E-state index is 5.79. The Bertz CT molecular complexity index is 746. The fourth-order valence-electron chi connectivity index (χ4n) is 1.94. The summed E-state index contributed by atoms with van der Waals surface area (Å²) in [5.41, 5.74) is 4.15. The molecule has 2 aromatic heterocycles. The van der Waals surface area contributed by atoms with E-state index in [0.29, 0.717) is 5.88 Å². The van der Waals surface area contributed by atoms with Crippen molar-refractivity contribution in [2.24, 2.45) is 7.05 Å². The molecule has 2 heterocycles. The summed E-state index contributed by atoms with van der Waals surface area (Å²) in [7, 11) is 1.92. The van der Waals surface area contributed by atoms with Crippen LogP contribution in [0.25, 0.3) is 11.2 Å². The molecule has 0 fully saturated rings. The minimum absolute atomic E-state index is 0.583. The summed E-state index contributed by atoms with van der Waals surface area (Å²) in [5.74, 6) is 1.39. The van der Waals surface area contributed by atoms with E-state index in [9.17, 15) is 0 Å². The first-order valence-electron chi connectivity index (χ1n) is 6.17. The third kappa shape index (κ3) is 2.17. The molecule has 96 valence electrons. The van der Waals surface area contributed by atoms with E-state index in [1.165, 1.54) is 11.1 Å². The molecule has 0 spiro atoms. The number of nitrogens with zero attached hydrogens (tertiary/aromatic N) is 3. The lowest BCUT2D eigenvalue weighted by atomic mass is 10.1. The molecule has 0 amide bonds. The van der Waals surface area contributed by atoms with Crippen LogP contribution in [0.1, 0.15) is 11.1 Å². The van der Waals surface area contributed by atoms with Crippen molar-refractivity contribution in [3.63, 3.8) is 0 Å². The van der Waals surface area contributed by atoms with Crippen molar-refractivity contribution in [1.29, 1.82) is 0 Å². The molecule has 3 aromatic rings. The molecule has 0 aliphatic carbocycles. The molecule has 0 saturated carbocycles. The van der Waals surface area contributed by atoms with Gasteiger partial charge in [0.05, 0.1) is 6.33 Å². The van der Waals surface area contributed by atoms with Crippen LogP contribution in [0.5, 0.6) is 11.6 Å². The summed E-state index contributed by atoms with van der Waals surface area (Å²) in [6, 6.07) is 9.78. The summed E-state index contributed by atoms with van der Waals surface area (Å²) < 4.78 is 7.67. The smallest absolute Gasteiger partial charge is 0.221 e. The van der Waals surface area contributed by atoms with Gasteiger partial charge < -0.3 is 9.30 Å². The molecule has 0 N–H and O–H groups in total. The van der Waals surface area contributed by atoms with Gasteiger partial charge in [-0.15, -0.1) is 0 Å². The van der Waals surface area contributed by atoms with Crippen molar-refractivity contribution in [3.05, 3.63) is 47.8 Å². The van der Waals surface area contributed by atoms with E-state index < -0.39 is 0 Å². The number of benzene rings is 1. The van der Waals surface area contributed by atoms with E-state index in [1.54, 1.807) is 6.33 Å². The van der Waals surface area contributed by atoms with E-state index >= 15 is 0 Å². The Hall–Kier alpha value is -2.36. The molecule has 3 rings (SSSR count). The number of ether oxygens (including phenoxy) is 1. The summed E-state index contributed by atoms with van der Waals surface area (Å²) in [6.07, 6.45) is 1.75. The monoisotopic (exact) mass is 253 g/mol. The van der Waals surface area contributed by atoms with Gasteiger partial charge in [-0.2, -0.15) is 4.98 Å². The van der Waals surface area contributed by atoms with E-state index in [2.05, 4.69) is 23.8 Å². The van der Waals surface area contributed by atoms with Crippen molar-refractivity contribution in [3.8, 4) is 11.6 Å². The van der Waals surface area contributed by atoms with Crippen molar-refractivity contribution < 1.29 is 4.74 Å². The Morgan fingerprint density at radius 3 is 2.68 bits per heavy atom. The largest absolute Gasteiger partial charge is 0.439 e. The van der Waals surface area contributed by atoms with Gasteiger partial charge in [-0.25, -0.2) is 4.98 Å². The quantitative estimate of drug-likeness (QED) is 0.703. The Morgan fingerprint density at radius 1 is 1.05 bits per heavy atom. The van der Waals surface area contributed by atoms with Crippen molar-refractivity contribution in [1.82, 2.24) is 14.5 Å². The lowest BCUT2D eigenvalue weighted by Gasteiger charge is -2.07. The second kappa shape index (κ2) is 4.39. The van der Waals surface area contributed by atoms with Gasteiger partial charge in [0.1, 0.15) is 11.3 Å².